The molecule has 3 rings (SSSR count). The third kappa shape index (κ3) is 1.67. The number of nitrogen functional groups attached to an aromatic ring is 1. The fourth-order valence-corrected chi connectivity index (χ4v) is 2.22. The number of aryl methyl sites for hydroxylation is 1. The van der Waals surface area contributed by atoms with E-state index < -0.39 is 0 Å². The molecular formula is C13H11BrN4. The highest BCUT2D eigenvalue weighted by atomic mass is 79.9. The molecule has 0 saturated heterocycles. The first-order chi connectivity index (χ1) is 8.66. The number of halogens is 1. The molecule has 0 radical (unpaired) electrons. The highest BCUT2D eigenvalue weighted by Crippen LogP contribution is 2.28. The summed E-state index contributed by atoms with van der Waals surface area (Å²) in [5.74, 6) is 0.636. The molecule has 0 spiro atoms. The molecule has 0 saturated carbocycles. The Morgan fingerprint density at radius 2 is 2.00 bits per heavy atom. The first-order valence-electron chi connectivity index (χ1n) is 5.51. The lowest BCUT2D eigenvalue weighted by Gasteiger charge is -2.01. The molecule has 18 heavy (non-hydrogen) atoms. The fraction of sp³-hybridized carbons (Fsp3) is 0.0769. The van der Waals surface area contributed by atoms with Crippen molar-refractivity contribution in [3.05, 3.63) is 46.8 Å². The summed E-state index contributed by atoms with van der Waals surface area (Å²) in [7, 11) is 0. The van der Waals surface area contributed by atoms with Crippen LogP contribution in [0.5, 0.6) is 0 Å². The summed E-state index contributed by atoms with van der Waals surface area (Å²) in [4.78, 5) is 8.57. The molecular weight excluding hydrogens is 292 g/mol. The Balaban J connectivity index is 2.30. The van der Waals surface area contributed by atoms with Gasteiger partial charge in [0.25, 0.3) is 0 Å². The quantitative estimate of drug-likeness (QED) is 0.751. The summed E-state index contributed by atoms with van der Waals surface area (Å²) in [5.41, 5.74) is 9.89. The van der Waals surface area contributed by atoms with E-state index >= 15 is 0 Å². The maximum Gasteiger partial charge on any atom is 0.139 e. The monoisotopic (exact) mass is 302 g/mol. The summed E-state index contributed by atoms with van der Waals surface area (Å²) in [6, 6.07) is 5.81. The number of aromatic nitrogens is 3. The fourth-order valence-electron chi connectivity index (χ4n) is 1.90. The van der Waals surface area contributed by atoms with Gasteiger partial charge in [0.1, 0.15) is 17.2 Å². The molecule has 3 heterocycles. The summed E-state index contributed by atoms with van der Waals surface area (Å²) in [5, 5.41) is 0. The van der Waals surface area contributed by atoms with Gasteiger partial charge in [-0.3, -0.25) is 9.38 Å². The van der Waals surface area contributed by atoms with Crippen molar-refractivity contribution in [1.82, 2.24) is 14.4 Å². The Labute approximate surface area is 113 Å². The number of hydrogen-bond donors (Lipinski definition) is 1. The van der Waals surface area contributed by atoms with E-state index in [4.69, 9.17) is 5.73 Å². The van der Waals surface area contributed by atoms with Gasteiger partial charge in [0.05, 0.1) is 0 Å². The lowest BCUT2D eigenvalue weighted by atomic mass is 10.2. The van der Waals surface area contributed by atoms with Gasteiger partial charge >= 0.3 is 0 Å². The highest BCUT2D eigenvalue weighted by molar-refractivity contribution is 9.10. The molecule has 3 aromatic heterocycles. The molecule has 0 bridgehead atoms. The van der Waals surface area contributed by atoms with Crippen molar-refractivity contribution in [2.45, 2.75) is 6.92 Å². The zero-order valence-corrected chi connectivity index (χ0v) is 11.3. The summed E-state index contributed by atoms with van der Waals surface area (Å²) < 4.78 is 2.90. The zero-order chi connectivity index (χ0) is 12.7. The smallest absolute Gasteiger partial charge is 0.139 e. The zero-order valence-electron chi connectivity index (χ0n) is 9.76. The molecule has 0 fully saturated rings. The van der Waals surface area contributed by atoms with Gasteiger partial charge in [0.2, 0.25) is 0 Å². The van der Waals surface area contributed by atoms with E-state index in [0.717, 1.165) is 26.9 Å². The van der Waals surface area contributed by atoms with Gasteiger partial charge in [-0.2, -0.15) is 0 Å². The molecule has 0 aliphatic carbocycles. The molecule has 0 aromatic carbocycles. The first kappa shape index (κ1) is 11.2. The maximum absolute atomic E-state index is 6.15. The number of fused-ring (bicyclic) bond motifs is 1. The molecule has 0 aliphatic heterocycles. The molecule has 4 nitrogen and oxygen atoms in total. The van der Waals surface area contributed by atoms with Gasteiger partial charge in [-0.15, -0.1) is 0 Å². The number of hydrogen-bond acceptors (Lipinski definition) is 3. The Morgan fingerprint density at radius 1 is 1.28 bits per heavy atom. The van der Waals surface area contributed by atoms with Crippen LogP contribution in [-0.4, -0.2) is 14.4 Å². The number of imidazole rings is 1. The molecule has 0 amide bonds. The van der Waals surface area contributed by atoms with E-state index in [0.29, 0.717) is 5.82 Å². The van der Waals surface area contributed by atoms with Crippen LogP contribution < -0.4 is 5.73 Å². The van der Waals surface area contributed by atoms with Crippen LogP contribution in [0.1, 0.15) is 5.56 Å². The van der Waals surface area contributed by atoms with Crippen LogP contribution in [0.25, 0.3) is 16.9 Å². The van der Waals surface area contributed by atoms with E-state index in [1.165, 1.54) is 0 Å². The molecule has 3 aromatic rings. The standard InChI is InChI=1S/C13H11BrN4/c1-8-6-11-17-12(9-2-4-16-5-3-9)13(15)18(11)7-10(8)14/h2-7H,15H2,1H3. The second kappa shape index (κ2) is 4.10. The summed E-state index contributed by atoms with van der Waals surface area (Å²) in [6.07, 6.45) is 5.41. The largest absolute Gasteiger partial charge is 0.383 e. The Hall–Kier alpha value is -1.88. The highest BCUT2D eigenvalue weighted by Gasteiger charge is 2.12. The minimum absolute atomic E-state index is 0.636. The van der Waals surface area contributed by atoms with E-state index in [9.17, 15) is 0 Å². The van der Waals surface area contributed by atoms with E-state index in [2.05, 4.69) is 25.9 Å². The Morgan fingerprint density at radius 3 is 2.72 bits per heavy atom. The van der Waals surface area contributed by atoms with Crippen LogP contribution in [0.2, 0.25) is 0 Å². The molecule has 0 unspecified atom stereocenters. The lowest BCUT2D eigenvalue weighted by molar-refractivity contribution is 1.16. The van der Waals surface area contributed by atoms with Crippen molar-refractivity contribution < 1.29 is 0 Å². The molecule has 90 valence electrons. The topological polar surface area (TPSA) is 56.2 Å². The van der Waals surface area contributed by atoms with E-state index in [-0.39, 0.29) is 0 Å². The van der Waals surface area contributed by atoms with Crippen LogP contribution in [0, 0.1) is 6.92 Å². The van der Waals surface area contributed by atoms with Gasteiger partial charge in [-0.05, 0) is 46.6 Å². The molecule has 2 N–H and O–H groups in total. The van der Waals surface area contributed by atoms with Crippen molar-refractivity contribution in [1.29, 1.82) is 0 Å². The third-order valence-corrected chi connectivity index (χ3v) is 3.72. The van der Waals surface area contributed by atoms with Crippen molar-refractivity contribution in [2.75, 3.05) is 5.73 Å². The van der Waals surface area contributed by atoms with Crippen LogP contribution >= 0.6 is 15.9 Å². The van der Waals surface area contributed by atoms with Gasteiger partial charge in [-0.1, -0.05) is 0 Å². The van der Waals surface area contributed by atoms with Gasteiger partial charge < -0.3 is 5.73 Å². The third-order valence-electron chi connectivity index (χ3n) is 2.89. The van der Waals surface area contributed by atoms with Gasteiger partial charge in [0, 0.05) is 28.6 Å². The molecule has 0 aliphatic rings. The number of nitrogens with zero attached hydrogens (tertiary/aromatic N) is 3. The average Bonchev–Trinajstić information content (AvgIpc) is 2.69. The van der Waals surface area contributed by atoms with Gasteiger partial charge in [-0.25, -0.2) is 4.98 Å². The van der Waals surface area contributed by atoms with Crippen molar-refractivity contribution in [3.63, 3.8) is 0 Å². The van der Waals surface area contributed by atoms with Crippen LogP contribution in [0.15, 0.2) is 41.3 Å². The average molecular weight is 303 g/mol. The van der Waals surface area contributed by atoms with E-state index in [1.807, 2.05) is 35.7 Å². The van der Waals surface area contributed by atoms with E-state index in [1.54, 1.807) is 12.4 Å². The SMILES string of the molecule is Cc1cc2nc(-c3ccncc3)c(N)n2cc1Br. The number of rotatable bonds is 1. The molecule has 0 atom stereocenters. The van der Waals surface area contributed by atoms with Crippen molar-refractivity contribution >= 4 is 27.4 Å². The summed E-state index contributed by atoms with van der Waals surface area (Å²) >= 11 is 3.50. The minimum Gasteiger partial charge on any atom is -0.383 e. The van der Waals surface area contributed by atoms with Crippen LogP contribution in [0.4, 0.5) is 5.82 Å². The van der Waals surface area contributed by atoms with Crippen molar-refractivity contribution in [2.24, 2.45) is 0 Å². The predicted octanol–water partition coefficient (Wildman–Crippen LogP) is 3.05. The second-order valence-corrected chi connectivity index (χ2v) is 4.97. The van der Waals surface area contributed by atoms with Crippen LogP contribution in [0.3, 0.4) is 0 Å². The first-order valence-corrected chi connectivity index (χ1v) is 6.30. The Kier molecular flexibility index (Phi) is 2.56. The predicted molar refractivity (Wildman–Crippen MR) is 75.3 cm³/mol. The number of pyridine rings is 2. The lowest BCUT2D eigenvalue weighted by Crippen LogP contribution is -1.94. The number of anilines is 1. The van der Waals surface area contributed by atoms with Gasteiger partial charge in [0.15, 0.2) is 0 Å². The summed E-state index contributed by atoms with van der Waals surface area (Å²) in [6.45, 7) is 2.03. The van der Waals surface area contributed by atoms with Crippen LogP contribution in [-0.2, 0) is 0 Å². The second-order valence-electron chi connectivity index (χ2n) is 4.11. The normalized spacial score (nSPS) is 11.0. The maximum atomic E-state index is 6.15. The molecule has 5 heteroatoms. The number of nitrogens with two attached hydrogens (primary N) is 1. The Bertz CT molecular complexity index is 719. The van der Waals surface area contributed by atoms with Crippen molar-refractivity contribution in [3.8, 4) is 11.3 Å². The minimum atomic E-state index is 0.636.